The fourth-order valence-corrected chi connectivity index (χ4v) is 3.27. The Hall–Kier alpha value is -2.73. The summed E-state index contributed by atoms with van der Waals surface area (Å²) in [6.07, 6.45) is 11.1. The predicted molar refractivity (Wildman–Crippen MR) is 100 cm³/mol. The van der Waals surface area contributed by atoms with Gasteiger partial charge in [-0.05, 0) is 19.3 Å². The molecule has 0 aliphatic carbocycles. The molecular formula is C19H24FN5O3. The number of nitrogen functional groups attached to an aromatic ring is 1. The van der Waals surface area contributed by atoms with E-state index in [1.807, 2.05) is 0 Å². The Balaban J connectivity index is 1.64. The summed E-state index contributed by atoms with van der Waals surface area (Å²) in [6, 6.07) is 0. The van der Waals surface area contributed by atoms with Gasteiger partial charge in [0.05, 0.1) is 6.33 Å². The lowest BCUT2D eigenvalue weighted by Crippen LogP contribution is -2.34. The highest BCUT2D eigenvalue weighted by molar-refractivity contribution is 5.81. The van der Waals surface area contributed by atoms with E-state index in [2.05, 4.69) is 27.8 Å². The van der Waals surface area contributed by atoms with Crippen LogP contribution in [0.25, 0.3) is 11.2 Å². The Morgan fingerprint density at radius 1 is 1.50 bits per heavy atom. The topological polar surface area (TPSA) is 105 Å². The molecule has 9 heteroatoms. The van der Waals surface area contributed by atoms with Crippen molar-refractivity contribution in [2.75, 3.05) is 12.3 Å². The standard InChI is InChI=1S/C19H24FN5O3/c1-3-5-6-7-8-14(26)27-11-19(4-2)10-9-13(28-19)25-12-22-15-16(21)23-18(20)24-17(15)25/h2,12-13H,3,5-11H2,1H3,(H2,21,23,24). The van der Waals surface area contributed by atoms with Gasteiger partial charge in [0.1, 0.15) is 12.8 Å². The normalized spacial score (nSPS) is 21.7. The number of esters is 1. The van der Waals surface area contributed by atoms with Gasteiger partial charge in [0.2, 0.25) is 0 Å². The SMILES string of the molecule is C#CC1(COC(=O)CCCCCC)CCC(n2cnc3c(N)nc(F)nc32)O1. The number of carbonyl (C=O) groups is 1. The maximum atomic E-state index is 13.5. The van der Waals surface area contributed by atoms with Gasteiger partial charge in [-0.3, -0.25) is 9.36 Å². The number of fused-ring (bicyclic) bond motifs is 1. The third-order valence-corrected chi connectivity index (χ3v) is 4.85. The van der Waals surface area contributed by atoms with Gasteiger partial charge in [-0.15, -0.1) is 6.42 Å². The van der Waals surface area contributed by atoms with Gasteiger partial charge in [-0.2, -0.15) is 14.4 Å². The first-order valence-electron chi connectivity index (χ1n) is 9.45. The van der Waals surface area contributed by atoms with E-state index >= 15 is 0 Å². The Labute approximate surface area is 162 Å². The zero-order chi connectivity index (χ0) is 20.1. The van der Waals surface area contributed by atoms with Crippen LogP contribution in [0.3, 0.4) is 0 Å². The Morgan fingerprint density at radius 2 is 2.32 bits per heavy atom. The van der Waals surface area contributed by atoms with Crippen LogP contribution < -0.4 is 5.73 Å². The van der Waals surface area contributed by atoms with Gasteiger partial charge in [0.25, 0.3) is 0 Å². The van der Waals surface area contributed by atoms with Crippen LogP contribution in [0.15, 0.2) is 6.33 Å². The van der Waals surface area contributed by atoms with Crippen LogP contribution >= 0.6 is 0 Å². The average Bonchev–Trinajstić information content (AvgIpc) is 3.28. The van der Waals surface area contributed by atoms with Crippen molar-refractivity contribution in [3.8, 4) is 12.3 Å². The molecule has 2 aromatic rings. The summed E-state index contributed by atoms with van der Waals surface area (Å²) in [5.74, 6) is 2.28. The molecule has 0 radical (unpaired) electrons. The largest absolute Gasteiger partial charge is 0.462 e. The van der Waals surface area contributed by atoms with Crippen molar-refractivity contribution < 1.29 is 18.7 Å². The molecule has 28 heavy (non-hydrogen) atoms. The predicted octanol–water partition coefficient (Wildman–Crippen LogP) is 2.74. The smallest absolute Gasteiger partial charge is 0.312 e. The van der Waals surface area contributed by atoms with Crippen LogP contribution in [-0.2, 0) is 14.3 Å². The second kappa shape index (κ2) is 8.52. The van der Waals surface area contributed by atoms with Gasteiger partial charge >= 0.3 is 12.0 Å². The number of hydrogen-bond acceptors (Lipinski definition) is 7. The summed E-state index contributed by atoms with van der Waals surface area (Å²) in [5.41, 5.74) is 5.19. The molecule has 8 nitrogen and oxygen atoms in total. The van der Waals surface area contributed by atoms with Crippen LogP contribution in [0.1, 0.15) is 58.1 Å². The Morgan fingerprint density at radius 3 is 3.07 bits per heavy atom. The molecule has 3 heterocycles. The number of unbranched alkanes of at least 4 members (excludes halogenated alkanes) is 3. The minimum atomic E-state index is -1.03. The second-order valence-electron chi connectivity index (χ2n) is 6.92. The minimum absolute atomic E-state index is 0.0231. The first-order chi connectivity index (χ1) is 13.5. The van der Waals surface area contributed by atoms with Gasteiger partial charge in [0.15, 0.2) is 22.6 Å². The quantitative estimate of drug-likeness (QED) is 0.320. The number of ether oxygens (including phenoxy) is 2. The molecule has 3 rings (SSSR count). The maximum absolute atomic E-state index is 13.5. The first-order valence-corrected chi connectivity index (χ1v) is 9.45. The number of aromatic nitrogens is 4. The van der Waals surface area contributed by atoms with Crippen LogP contribution in [0.5, 0.6) is 0 Å². The monoisotopic (exact) mass is 389 g/mol. The molecule has 1 saturated heterocycles. The summed E-state index contributed by atoms with van der Waals surface area (Å²) in [5, 5.41) is 0. The number of rotatable bonds is 8. The van der Waals surface area contributed by atoms with E-state index in [9.17, 15) is 9.18 Å². The summed E-state index contributed by atoms with van der Waals surface area (Å²) in [7, 11) is 0. The van der Waals surface area contributed by atoms with Gasteiger partial charge in [-0.25, -0.2) is 4.98 Å². The highest BCUT2D eigenvalue weighted by atomic mass is 19.1. The van der Waals surface area contributed by atoms with Crippen molar-refractivity contribution in [1.29, 1.82) is 0 Å². The zero-order valence-corrected chi connectivity index (χ0v) is 15.9. The van der Waals surface area contributed by atoms with Crippen LogP contribution in [-0.4, -0.2) is 37.7 Å². The molecule has 0 aromatic carbocycles. The number of carbonyl (C=O) groups excluding carboxylic acids is 1. The number of imidazole rings is 1. The number of anilines is 1. The van der Waals surface area contributed by atoms with Crippen molar-refractivity contribution in [3.05, 3.63) is 12.4 Å². The van der Waals surface area contributed by atoms with E-state index in [-0.39, 0.29) is 24.0 Å². The molecule has 2 aromatic heterocycles. The van der Waals surface area contributed by atoms with E-state index in [0.29, 0.717) is 24.8 Å². The third kappa shape index (κ3) is 4.22. The van der Waals surface area contributed by atoms with Gasteiger partial charge < -0.3 is 15.2 Å². The molecule has 0 bridgehead atoms. The molecule has 0 saturated carbocycles. The minimum Gasteiger partial charge on any atom is -0.462 e. The lowest BCUT2D eigenvalue weighted by atomic mass is 10.0. The fourth-order valence-electron chi connectivity index (χ4n) is 3.27. The highest BCUT2D eigenvalue weighted by Gasteiger charge is 2.41. The van der Waals surface area contributed by atoms with E-state index in [0.717, 1.165) is 25.7 Å². The first kappa shape index (κ1) is 20.0. The Kier molecular flexibility index (Phi) is 6.09. The van der Waals surface area contributed by atoms with E-state index in [1.54, 1.807) is 4.57 Å². The van der Waals surface area contributed by atoms with Crippen molar-refractivity contribution in [2.24, 2.45) is 0 Å². The number of nitrogens with two attached hydrogens (primary N) is 1. The number of nitrogens with zero attached hydrogens (tertiary/aromatic N) is 4. The van der Waals surface area contributed by atoms with Gasteiger partial charge in [0, 0.05) is 6.42 Å². The third-order valence-electron chi connectivity index (χ3n) is 4.85. The fraction of sp³-hybridized carbons (Fsp3) is 0.579. The maximum Gasteiger partial charge on any atom is 0.312 e. The summed E-state index contributed by atoms with van der Waals surface area (Å²) >= 11 is 0. The molecule has 150 valence electrons. The van der Waals surface area contributed by atoms with Crippen LogP contribution in [0, 0.1) is 18.4 Å². The van der Waals surface area contributed by atoms with Crippen molar-refractivity contribution in [3.63, 3.8) is 0 Å². The van der Waals surface area contributed by atoms with Gasteiger partial charge in [-0.1, -0.05) is 32.1 Å². The summed E-state index contributed by atoms with van der Waals surface area (Å²) in [6.45, 7) is 2.09. The number of hydrogen-bond donors (Lipinski definition) is 1. The number of halogens is 1. The molecular weight excluding hydrogens is 365 g/mol. The van der Waals surface area contributed by atoms with E-state index in [1.165, 1.54) is 6.33 Å². The van der Waals surface area contributed by atoms with E-state index in [4.69, 9.17) is 21.6 Å². The molecule has 2 atom stereocenters. The van der Waals surface area contributed by atoms with E-state index < -0.39 is 17.9 Å². The summed E-state index contributed by atoms with van der Waals surface area (Å²) < 4.78 is 26.5. The van der Waals surface area contributed by atoms with Crippen molar-refractivity contribution in [2.45, 2.75) is 63.7 Å². The average molecular weight is 389 g/mol. The molecule has 1 fully saturated rings. The lowest BCUT2D eigenvalue weighted by molar-refractivity contribution is -0.152. The van der Waals surface area contributed by atoms with Crippen molar-refractivity contribution in [1.82, 2.24) is 19.5 Å². The molecule has 0 spiro atoms. The number of terminal acetylenes is 1. The van der Waals surface area contributed by atoms with Crippen LogP contribution in [0.4, 0.5) is 10.2 Å². The second-order valence-corrected chi connectivity index (χ2v) is 6.92. The highest BCUT2D eigenvalue weighted by Crippen LogP contribution is 2.38. The molecule has 1 aliphatic heterocycles. The Bertz CT molecular complexity index is 894. The molecule has 0 amide bonds. The van der Waals surface area contributed by atoms with Crippen molar-refractivity contribution >= 4 is 23.0 Å². The molecule has 1 aliphatic rings. The molecule has 2 unspecified atom stereocenters. The zero-order valence-electron chi connectivity index (χ0n) is 15.9. The lowest BCUT2D eigenvalue weighted by Gasteiger charge is -2.23. The molecule has 2 N–H and O–H groups in total. The van der Waals surface area contributed by atoms with Crippen LogP contribution in [0.2, 0.25) is 0 Å². The summed E-state index contributed by atoms with van der Waals surface area (Å²) in [4.78, 5) is 23.3.